The smallest absolute Gasteiger partial charge is 0.226 e. The van der Waals surface area contributed by atoms with Crippen LogP contribution < -0.4 is 10.1 Å². The lowest BCUT2D eigenvalue weighted by Crippen LogP contribution is -2.45. The minimum absolute atomic E-state index is 0.0341. The zero-order valence-corrected chi connectivity index (χ0v) is 23.2. The Morgan fingerprint density at radius 3 is 2.84 bits per heavy atom. The number of thiazole rings is 1. The van der Waals surface area contributed by atoms with Crippen LogP contribution in [0.5, 0.6) is 5.75 Å². The van der Waals surface area contributed by atoms with Gasteiger partial charge in [0.25, 0.3) is 0 Å². The Bertz CT molecular complexity index is 1290. The number of anilines is 1. The lowest BCUT2D eigenvalue weighted by molar-refractivity contribution is -0.116. The second kappa shape index (κ2) is 10.5. The number of hydrogen-bond donors (Lipinski definition) is 2. The van der Waals surface area contributed by atoms with E-state index in [0.29, 0.717) is 41.8 Å². The van der Waals surface area contributed by atoms with Gasteiger partial charge in [0.2, 0.25) is 5.91 Å². The predicted molar refractivity (Wildman–Crippen MR) is 151 cm³/mol. The molecule has 1 amide bonds. The molecule has 3 aromatic rings. The van der Waals surface area contributed by atoms with Crippen LogP contribution in [0.4, 0.5) is 5.13 Å². The maximum Gasteiger partial charge on any atom is 0.226 e. The predicted octanol–water partition coefficient (Wildman–Crippen LogP) is 6.89. The van der Waals surface area contributed by atoms with Crippen LogP contribution in [0.1, 0.15) is 72.9 Å². The highest BCUT2D eigenvalue weighted by molar-refractivity contribution is 7.15. The molecule has 3 aliphatic carbocycles. The Morgan fingerprint density at radius 2 is 2.05 bits per heavy atom. The van der Waals surface area contributed by atoms with Crippen molar-refractivity contribution >= 4 is 22.4 Å². The first-order valence-corrected chi connectivity index (χ1v) is 14.9. The Labute approximate surface area is 229 Å². The average molecular weight is 531 g/mol. The maximum absolute atomic E-state index is 12.7. The van der Waals surface area contributed by atoms with Gasteiger partial charge in [-0.15, -0.1) is 11.3 Å². The lowest BCUT2D eigenvalue weighted by Gasteiger charge is -2.51. The van der Waals surface area contributed by atoms with Crippen LogP contribution in [-0.4, -0.2) is 22.1 Å². The summed E-state index contributed by atoms with van der Waals surface area (Å²) in [5.74, 6) is 2.90. The van der Waals surface area contributed by atoms with Gasteiger partial charge in [-0.05, 0) is 103 Å². The highest BCUT2D eigenvalue weighted by Gasteiger charge is 2.58. The monoisotopic (exact) mass is 530 g/mol. The van der Waals surface area contributed by atoms with E-state index in [1.807, 2.05) is 25.1 Å². The zero-order chi connectivity index (χ0) is 26.3. The fraction of sp³-hybridized carbons (Fsp3) is 0.500. The summed E-state index contributed by atoms with van der Waals surface area (Å²) in [4.78, 5) is 18.1. The molecular formula is C32H38N2O3S. The van der Waals surface area contributed by atoms with Crippen molar-refractivity contribution in [3.63, 3.8) is 0 Å². The third-order valence-electron chi connectivity index (χ3n) is 9.65. The summed E-state index contributed by atoms with van der Waals surface area (Å²) in [6.07, 6.45) is 8.02. The summed E-state index contributed by atoms with van der Waals surface area (Å²) in [5, 5.41) is 14.9. The van der Waals surface area contributed by atoms with Crippen LogP contribution in [0.15, 0.2) is 54.7 Å². The number of carbonyl (C=O) groups excluding carboxylic acids is 1. The molecule has 6 unspecified atom stereocenters. The van der Waals surface area contributed by atoms with Gasteiger partial charge in [0.15, 0.2) is 5.13 Å². The summed E-state index contributed by atoms with van der Waals surface area (Å²) >= 11 is 1.51. The molecular weight excluding hydrogens is 492 g/mol. The van der Waals surface area contributed by atoms with Gasteiger partial charge >= 0.3 is 0 Å². The number of rotatable bonds is 7. The van der Waals surface area contributed by atoms with E-state index >= 15 is 0 Å². The first kappa shape index (κ1) is 25.6. The normalized spacial score (nSPS) is 29.7. The fourth-order valence-electron chi connectivity index (χ4n) is 7.85. The van der Waals surface area contributed by atoms with Crippen LogP contribution in [0, 0.1) is 30.1 Å². The molecule has 0 aliphatic heterocycles. The molecule has 2 fully saturated rings. The third kappa shape index (κ3) is 4.89. The molecule has 2 N–H and O–H groups in total. The number of benzene rings is 2. The van der Waals surface area contributed by atoms with Crippen molar-refractivity contribution in [1.29, 1.82) is 0 Å². The number of carbonyl (C=O) groups is 1. The molecule has 200 valence electrons. The third-order valence-corrected chi connectivity index (χ3v) is 10.5. The summed E-state index contributed by atoms with van der Waals surface area (Å²) in [5.41, 5.74) is 4.03. The van der Waals surface area contributed by atoms with E-state index in [1.54, 1.807) is 6.20 Å². The standard InChI is InChI=1S/C32H38N2O3S/c1-20-18-33-31(38-20)34-29(36)13-9-23-17-28(35)32(2)15-14-26-25-12-10-24(37-19-21-6-4-3-5-7-21)16-22(25)8-11-27(26)30(23)32/h3-7,10,12,16,18,23,26-28,30,35H,8-9,11,13-15,17,19H2,1-2H3,(H,33,34,36). The van der Waals surface area contributed by atoms with Crippen LogP contribution in [0.2, 0.25) is 0 Å². The number of ether oxygens (including phenoxy) is 1. The Hall–Kier alpha value is -2.70. The molecule has 0 bridgehead atoms. The van der Waals surface area contributed by atoms with Crippen molar-refractivity contribution in [2.45, 2.75) is 77.4 Å². The molecule has 0 saturated heterocycles. The topological polar surface area (TPSA) is 71.5 Å². The number of aliphatic hydroxyl groups excluding tert-OH is 1. The maximum atomic E-state index is 12.7. The van der Waals surface area contributed by atoms with E-state index in [4.69, 9.17) is 4.74 Å². The van der Waals surface area contributed by atoms with E-state index in [9.17, 15) is 9.90 Å². The summed E-state index contributed by atoms with van der Waals surface area (Å²) in [6.45, 7) is 4.89. The molecule has 6 atom stereocenters. The van der Waals surface area contributed by atoms with Gasteiger partial charge in [0.05, 0.1) is 6.10 Å². The minimum Gasteiger partial charge on any atom is -0.489 e. The molecule has 6 rings (SSSR count). The van der Waals surface area contributed by atoms with E-state index in [0.717, 1.165) is 49.2 Å². The van der Waals surface area contributed by atoms with Crippen molar-refractivity contribution in [3.8, 4) is 5.75 Å². The molecule has 38 heavy (non-hydrogen) atoms. The van der Waals surface area contributed by atoms with Crippen molar-refractivity contribution in [3.05, 3.63) is 76.3 Å². The number of aryl methyl sites for hydroxylation is 2. The highest BCUT2D eigenvalue weighted by Crippen LogP contribution is 2.63. The van der Waals surface area contributed by atoms with Crippen molar-refractivity contribution in [2.75, 3.05) is 5.32 Å². The van der Waals surface area contributed by atoms with Gasteiger partial charge in [-0.2, -0.15) is 0 Å². The summed E-state index contributed by atoms with van der Waals surface area (Å²) in [6, 6.07) is 17.0. The molecule has 0 radical (unpaired) electrons. The molecule has 0 spiro atoms. The molecule has 2 aromatic carbocycles. The lowest BCUT2D eigenvalue weighted by atomic mass is 9.53. The van der Waals surface area contributed by atoms with Gasteiger partial charge in [-0.3, -0.25) is 4.79 Å². The Balaban J connectivity index is 1.15. The average Bonchev–Trinajstić information content (AvgIpc) is 3.45. The van der Waals surface area contributed by atoms with E-state index in [-0.39, 0.29) is 17.4 Å². The number of nitrogens with one attached hydrogen (secondary N) is 1. The van der Waals surface area contributed by atoms with Gasteiger partial charge in [-0.25, -0.2) is 4.98 Å². The molecule has 1 heterocycles. The quantitative estimate of drug-likeness (QED) is 0.349. The number of aromatic nitrogens is 1. The molecule has 6 heteroatoms. The van der Waals surface area contributed by atoms with Gasteiger partial charge in [0.1, 0.15) is 12.4 Å². The van der Waals surface area contributed by atoms with E-state index in [2.05, 4.69) is 47.6 Å². The largest absolute Gasteiger partial charge is 0.489 e. The zero-order valence-electron chi connectivity index (χ0n) is 22.4. The number of amides is 1. The SMILES string of the molecule is Cc1cnc(NC(=O)CCC2CC(O)C3(C)CCC4c5ccc(OCc6ccccc6)cc5CCC4C23)s1. The van der Waals surface area contributed by atoms with Crippen molar-refractivity contribution in [1.82, 2.24) is 4.98 Å². The van der Waals surface area contributed by atoms with Gasteiger partial charge in [-0.1, -0.05) is 43.3 Å². The summed E-state index contributed by atoms with van der Waals surface area (Å²) < 4.78 is 6.13. The number of fused-ring (bicyclic) bond motifs is 5. The number of hydrogen-bond acceptors (Lipinski definition) is 5. The number of nitrogens with zero attached hydrogens (tertiary/aromatic N) is 1. The second-order valence-corrected chi connectivity index (χ2v) is 13.1. The molecule has 2 saturated carbocycles. The van der Waals surface area contributed by atoms with Crippen molar-refractivity contribution < 1.29 is 14.6 Å². The van der Waals surface area contributed by atoms with Crippen LogP contribution in [-0.2, 0) is 17.8 Å². The van der Waals surface area contributed by atoms with E-state index in [1.165, 1.54) is 28.0 Å². The van der Waals surface area contributed by atoms with Crippen LogP contribution >= 0.6 is 11.3 Å². The first-order chi connectivity index (χ1) is 18.4. The minimum atomic E-state index is -0.279. The van der Waals surface area contributed by atoms with Gasteiger partial charge < -0.3 is 15.2 Å². The first-order valence-electron chi connectivity index (χ1n) is 14.1. The van der Waals surface area contributed by atoms with E-state index < -0.39 is 0 Å². The summed E-state index contributed by atoms with van der Waals surface area (Å²) in [7, 11) is 0. The highest BCUT2D eigenvalue weighted by atomic mass is 32.1. The Morgan fingerprint density at radius 1 is 1.21 bits per heavy atom. The van der Waals surface area contributed by atoms with Crippen LogP contribution in [0.3, 0.4) is 0 Å². The molecule has 5 nitrogen and oxygen atoms in total. The Kier molecular flexibility index (Phi) is 7.04. The van der Waals surface area contributed by atoms with Gasteiger partial charge in [0, 0.05) is 17.5 Å². The van der Waals surface area contributed by atoms with Crippen LogP contribution in [0.25, 0.3) is 0 Å². The second-order valence-electron chi connectivity index (χ2n) is 11.9. The molecule has 1 aromatic heterocycles. The molecule has 3 aliphatic rings. The fourth-order valence-corrected chi connectivity index (χ4v) is 8.53. The van der Waals surface area contributed by atoms with Crippen molar-refractivity contribution in [2.24, 2.45) is 23.2 Å². The number of aliphatic hydroxyl groups is 1.